The average molecular weight is 282 g/mol. The van der Waals surface area contributed by atoms with Gasteiger partial charge >= 0.3 is 0 Å². The van der Waals surface area contributed by atoms with E-state index in [-0.39, 0.29) is 0 Å². The lowest BCUT2D eigenvalue weighted by molar-refractivity contribution is 0.336. The summed E-state index contributed by atoms with van der Waals surface area (Å²) >= 11 is 6.03. The zero-order valence-corrected chi connectivity index (χ0v) is 12.1. The van der Waals surface area contributed by atoms with Crippen LogP contribution in [0.15, 0.2) is 23.2 Å². The van der Waals surface area contributed by atoms with E-state index in [2.05, 4.69) is 22.5 Å². The molecule has 1 aliphatic heterocycles. The summed E-state index contributed by atoms with van der Waals surface area (Å²) in [6, 6.07) is 6.16. The smallest absolute Gasteiger partial charge is 0.191 e. The van der Waals surface area contributed by atoms with Gasteiger partial charge in [0.15, 0.2) is 5.96 Å². The molecule has 104 valence electrons. The van der Waals surface area contributed by atoms with Crippen molar-refractivity contribution in [3.05, 3.63) is 28.8 Å². The van der Waals surface area contributed by atoms with E-state index >= 15 is 0 Å². The predicted molar refractivity (Wildman–Crippen MR) is 79.2 cm³/mol. The summed E-state index contributed by atoms with van der Waals surface area (Å²) in [7, 11) is 0. The van der Waals surface area contributed by atoms with Gasteiger partial charge in [0.25, 0.3) is 0 Å². The lowest BCUT2D eigenvalue weighted by atomic mass is 10.1. The van der Waals surface area contributed by atoms with Crippen molar-refractivity contribution in [2.75, 3.05) is 19.7 Å². The Bertz CT molecular complexity index is 462. The Labute approximate surface area is 119 Å². The van der Waals surface area contributed by atoms with Crippen molar-refractivity contribution in [2.24, 2.45) is 4.99 Å². The first-order valence-corrected chi connectivity index (χ1v) is 7.03. The molecule has 1 atom stereocenters. The van der Waals surface area contributed by atoms with Gasteiger partial charge in [0.05, 0.1) is 13.2 Å². The van der Waals surface area contributed by atoms with Crippen molar-refractivity contribution < 1.29 is 4.74 Å². The molecule has 2 N–H and O–H groups in total. The van der Waals surface area contributed by atoms with E-state index in [0.29, 0.717) is 12.6 Å². The van der Waals surface area contributed by atoms with E-state index in [4.69, 9.17) is 16.3 Å². The Morgan fingerprint density at radius 2 is 2.37 bits per heavy atom. The Balaban J connectivity index is 1.89. The normalized spacial score (nSPS) is 17.8. The molecule has 0 fully saturated rings. The number of benzene rings is 1. The van der Waals surface area contributed by atoms with E-state index in [1.165, 1.54) is 0 Å². The molecule has 1 aromatic carbocycles. The van der Waals surface area contributed by atoms with Crippen LogP contribution < -0.4 is 15.4 Å². The highest BCUT2D eigenvalue weighted by molar-refractivity contribution is 6.30. The molecular formula is C14H20ClN3O. The molecule has 0 radical (unpaired) electrons. The fraction of sp³-hybridized carbons (Fsp3) is 0.500. The summed E-state index contributed by atoms with van der Waals surface area (Å²) < 4.78 is 5.60. The molecule has 1 unspecified atom stereocenters. The number of ether oxygens (including phenoxy) is 1. The van der Waals surface area contributed by atoms with Gasteiger partial charge in [-0.05, 0) is 44.0 Å². The molecule has 0 spiro atoms. The third-order valence-corrected chi connectivity index (χ3v) is 3.15. The maximum atomic E-state index is 6.03. The molecule has 19 heavy (non-hydrogen) atoms. The molecule has 1 aromatic rings. The van der Waals surface area contributed by atoms with Crippen LogP contribution in [0, 0.1) is 0 Å². The van der Waals surface area contributed by atoms with Crippen molar-refractivity contribution >= 4 is 17.6 Å². The zero-order chi connectivity index (χ0) is 13.7. The predicted octanol–water partition coefficient (Wildman–Crippen LogP) is 2.22. The molecule has 0 saturated heterocycles. The summed E-state index contributed by atoms with van der Waals surface area (Å²) in [6.07, 6.45) is 0.852. The summed E-state index contributed by atoms with van der Waals surface area (Å²) in [5, 5.41) is 7.30. The maximum absolute atomic E-state index is 6.03. The lowest BCUT2D eigenvalue weighted by Crippen LogP contribution is -2.38. The number of halogens is 1. The molecule has 0 amide bonds. The minimum Gasteiger partial charge on any atom is -0.494 e. The average Bonchev–Trinajstić information content (AvgIpc) is 2.79. The summed E-state index contributed by atoms with van der Waals surface area (Å²) in [5.41, 5.74) is 1.12. The number of hydrogen-bond acceptors (Lipinski definition) is 4. The number of nitrogens with zero attached hydrogens (tertiary/aromatic N) is 1. The quantitative estimate of drug-likeness (QED) is 0.870. The SMILES string of the molecule is CCOc1ccc(Cl)cc1CCNC1=NCC(C)N1. The number of hydrogen-bond donors (Lipinski definition) is 2. The van der Waals surface area contributed by atoms with Gasteiger partial charge in [-0.3, -0.25) is 4.99 Å². The molecule has 2 rings (SSSR count). The Morgan fingerprint density at radius 3 is 3.05 bits per heavy atom. The molecule has 5 heteroatoms. The van der Waals surface area contributed by atoms with Crippen LogP contribution in [-0.2, 0) is 6.42 Å². The van der Waals surface area contributed by atoms with Crippen LogP contribution in [0.2, 0.25) is 5.02 Å². The Morgan fingerprint density at radius 1 is 1.53 bits per heavy atom. The van der Waals surface area contributed by atoms with Crippen LogP contribution in [0.25, 0.3) is 0 Å². The summed E-state index contributed by atoms with van der Waals surface area (Å²) in [5.74, 6) is 1.79. The monoisotopic (exact) mass is 281 g/mol. The summed E-state index contributed by atoms with van der Waals surface area (Å²) in [6.45, 7) is 6.40. The van der Waals surface area contributed by atoms with Crippen LogP contribution in [0.1, 0.15) is 19.4 Å². The minimum absolute atomic E-state index is 0.424. The first kappa shape index (κ1) is 14.0. The molecule has 4 nitrogen and oxygen atoms in total. The van der Waals surface area contributed by atoms with Gasteiger partial charge in [-0.25, -0.2) is 0 Å². The fourth-order valence-electron chi connectivity index (χ4n) is 2.02. The van der Waals surface area contributed by atoms with Crippen molar-refractivity contribution in [3.63, 3.8) is 0 Å². The third kappa shape index (κ3) is 4.03. The van der Waals surface area contributed by atoms with Gasteiger partial charge in [0.2, 0.25) is 0 Å². The van der Waals surface area contributed by atoms with Crippen LogP contribution >= 0.6 is 11.6 Å². The number of rotatable bonds is 5. The van der Waals surface area contributed by atoms with Crippen molar-refractivity contribution in [1.29, 1.82) is 0 Å². The van der Waals surface area contributed by atoms with Gasteiger partial charge in [-0.1, -0.05) is 11.6 Å². The van der Waals surface area contributed by atoms with Crippen LogP contribution in [-0.4, -0.2) is 31.7 Å². The second-order valence-electron chi connectivity index (χ2n) is 4.60. The van der Waals surface area contributed by atoms with Gasteiger partial charge in [-0.15, -0.1) is 0 Å². The molecule has 1 aliphatic rings. The standard InChI is InChI=1S/C14H20ClN3O/c1-3-19-13-5-4-12(15)8-11(13)6-7-16-14-17-9-10(2)18-14/h4-5,8,10H,3,6-7,9H2,1-2H3,(H2,16,17,18). The summed E-state index contributed by atoms with van der Waals surface area (Å²) in [4.78, 5) is 4.36. The third-order valence-electron chi connectivity index (χ3n) is 2.92. The van der Waals surface area contributed by atoms with E-state index in [9.17, 15) is 0 Å². The molecule has 0 bridgehead atoms. The van der Waals surface area contributed by atoms with Crippen LogP contribution in [0.4, 0.5) is 0 Å². The fourth-order valence-corrected chi connectivity index (χ4v) is 2.21. The highest BCUT2D eigenvalue weighted by Crippen LogP contribution is 2.23. The topological polar surface area (TPSA) is 45.6 Å². The first-order chi connectivity index (χ1) is 9.19. The number of guanidine groups is 1. The molecule has 0 aliphatic carbocycles. The zero-order valence-electron chi connectivity index (χ0n) is 11.4. The van der Waals surface area contributed by atoms with E-state index in [1.54, 1.807) is 0 Å². The molecule has 0 saturated carbocycles. The van der Waals surface area contributed by atoms with Crippen molar-refractivity contribution in [1.82, 2.24) is 10.6 Å². The molecular weight excluding hydrogens is 262 g/mol. The highest BCUT2D eigenvalue weighted by atomic mass is 35.5. The number of nitrogens with one attached hydrogen (secondary N) is 2. The Hall–Kier alpha value is -1.42. The molecule has 0 aromatic heterocycles. The maximum Gasteiger partial charge on any atom is 0.191 e. The van der Waals surface area contributed by atoms with Gasteiger partial charge in [-0.2, -0.15) is 0 Å². The van der Waals surface area contributed by atoms with Crippen LogP contribution in [0.5, 0.6) is 5.75 Å². The largest absolute Gasteiger partial charge is 0.494 e. The first-order valence-electron chi connectivity index (χ1n) is 6.65. The minimum atomic E-state index is 0.424. The second kappa shape index (κ2) is 6.66. The van der Waals surface area contributed by atoms with Crippen LogP contribution in [0.3, 0.4) is 0 Å². The second-order valence-corrected chi connectivity index (χ2v) is 5.03. The van der Waals surface area contributed by atoms with Gasteiger partial charge in [0, 0.05) is 17.6 Å². The lowest BCUT2D eigenvalue weighted by Gasteiger charge is -2.12. The number of aliphatic imine (C=N–C) groups is 1. The molecule has 1 heterocycles. The highest BCUT2D eigenvalue weighted by Gasteiger charge is 2.11. The van der Waals surface area contributed by atoms with E-state index < -0.39 is 0 Å². The van der Waals surface area contributed by atoms with E-state index in [1.807, 2.05) is 25.1 Å². The van der Waals surface area contributed by atoms with E-state index in [0.717, 1.165) is 41.8 Å². The Kier molecular flexibility index (Phi) is 4.91. The van der Waals surface area contributed by atoms with Crippen molar-refractivity contribution in [2.45, 2.75) is 26.3 Å². The van der Waals surface area contributed by atoms with Gasteiger partial charge < -0.3 is 15.4 Å². The van der Waals surface area contributed by atoms with Gasteiger partial charge in [0.1, 0.15) is 5.75 Å². The van der Waals surface area contributed by atoms with Crippen molar-refractivity contribution in [3.8, 4) is 5.75 Å².